The third kappa shape index (κ3) is 4.99. The first-order valence-electron chi connectivity index (χ1n) is 12.9. The maximum Gasteiger partial charge on any atom is 0.305 e. The average Bonchev–Trinajstić information content (AvgIpc) is 3.21. The lowest BCUT2D eigenvalue weighted by Gasteiger charge is -2.42. The van der Waals surface area contributed by atoms with Crippen LogP contribution in [0.25, 0.3) is 0 Å². The molecular weight excluding hydrogens is 560 g/mol. The number of amides is 1. The first-order valence-corrected chi connectivity index (χ1v) is 13.6. The predicted molar refractivity (Wildman–Crippen MR) is 147 cm³/mol. The van der Waals surface area contributed by atoms with E-state index in [9.17, 15) is 19.8 Å². The molecule has 40 heavy (non-hydrogen) atoms. The summed E-state index contributed by atoms with van der Waals surface area (Å²) < 4.78 is 27.8. The highest BCUT2D eigenvalue weighted by Crippen LogP contribution is 2.51. The van der Waals surface area contributed by atoms with Gasteiger partial charge in [-0.25, -0.2) is 4.39 Å². The van der Waals surface area contributed by atoms with Crippen LogP contribution in [0, 0.1) is 11.7 Å². The van der Waals surface area contributed by atoms with Crippen LogP contribution in [0.4, 0.5) is 4.39 Å². The van der Waals surface area contributed by atoms with E-state index < -0.39 is 42.0 Å². The number of hydrogen-bond acceptors (Lipinski definition) is 5. The van der Waals surface area contributed by atoms with Crippen LogP contribution in [0.3, 0.4) is 0 Å². The van der Waals surface area contributed by atoms with E-state index in [-0.39, 0.29) is 22.6 Å². The molecule has 0 aromatic heterocycles. The first-order chi connectivity index (χ1) is 19.2. The lowest BCUT2D eigenvalue weighted by atomic mass is 9.86. The molecule has 3 aromatic rings. The highest BCUT2D eigenvalue weighted by atomic mass is 35.5. The molecule has 10 heteroatoms. The Bertz CT molecular complexity index is 1410. The summed E-state index contributed by atoms with van der Waals surface area (Å²) in [6.45, 7) is 0.979. The summed E-state index contributed by atoms with van der Waals surface area (Å²) >= 11 is 12.2. The van der Waals surface area contributed by atoms with Gasteiger partial charge in [-0.3, -0.25) is 14.5 Å². The molecule has 0 saturated carbocycles. The summed E-state index contributed by atoms with van der Waals surface area (Å²) in [5.41, 5.74) is -0.778. The van der Waals surface area contributed by atoms with Crippen LogP contribution < -0.4 is 0 Å². The minimum Gasteiger partial charge on any atom is -0.481 e. The number of methoxy groups -OCH3 is 1. The topological polar surface area (TPSA) is 96.3 Å². The molecule has 3 unspecified atom stereocenters. The van der Waals surface area contributed by atoms with Crippen LogP contribution in [0.1, 0.15) is 64.0 Å². The van der Waals surface area contributed by atoms with Gasteiger partial charge >= 0.3 is 5.97 Å². The molecule has 3 aromatic carbocycles. The van der Waals surface area contributed by atoms with Crippen molar-refractivity contribution >= 4 is 35.1 Å². The van der Waals surface area contributed by atoms with E-state index in [1.807, 2.05) is 0 Å². The number of aliphatic hydroxyl groups excluding tert-OH is 1. The molecule has 210 valence electrons. The van der Waals surface area contributed by atoms with Gasteiger partial charge in [-0.15, -0.1) is 0 Å². The minimum absolute atomic E-state index is 0.0118. The number of benzene rings is 3. The number of carboxylic acids is 1. The molecule has 3 atom stereocenters. The number of aliphatic hydroxyl groups is 1. The number of carboxylic acid groups (broad SMARTS) is 1. The molecule has 0 bridgehead atoms. The molecule has 7 nitrogen and oxygen atoms in total. The van der Waals surface area contributed by atoms with Gasteiger partial charge in [0.15, 0.2) is 5.72 Å². The summed E-state index contributed by atoms with van der Waals surface area (Å²) in [6, 6.07) is 14.5. The van der Waals surface area contributed by atoms with Crippen molar-refractivity contribution in [3.63, 3.8) is 0 Å². The molecule has 1 amide bonds. The zero-order valence-electron chi connectivity index (χ0n) is 21.6. The Balaban J connectivity index is 1.73. The van der Waals surface area contributed by atoms with E-state index in [0.29, 0.717) is 47.2 Å². The molecule has 0 spiro atoms. The summed E-state index contributed by atoms with van der Waals surface area (Å²) in [4.78, 5) is 27.7. The lowest BCUT2D eigenvalue weighted by molar-refractivity contribution is -0.142. The smallest absolute Gasteiger partial charge is 0.305 e. The maximum atomic E-state index is 16.3. The summed E-state index contributed by atoms with van der Waals surface area (Å²) in [7, 11) is 1.34. The number of aliphatic carboxylic acids is 1. The van der Waals surface area contributed by atoms with E-state index in [1.54, 1.807) is 48.5 Å². The summed E-state index contributed by atoms with van der Waals surface area (Å²) in [5.74, 6) is -2.71. The van der Waals surface area contributed by atoms with Gasteiger partial charge in [0.25, 0.3) is 5.91 Å². The minimum atomic E-state index is -1.83. The van der Waals surface area contributed by atoms with Crippen molar-refractivity contribution in [2.75, 3.05) is 20.3 Å². The second-order valence-electron chi connectivity index (χ2n) is 10.0. The average molecular weight is 588 g/mol. The second kappa shape index (κ2) is 11.5. The predicted octanol–water partition coefficient (Wildman–Crippen LogP) is 6.11. The Morgan fingerprint density at radius 1 is 1.07 bits per heavy atom. The van der Waals surface area contributed by atoms with Crippen molar-refractivity contribution in [2.24, 2.45) is 5.92 Å². The van der Waals surface area contributed by atoms with Crippen LogP contribution in [0.5, 0.6) is 0 Å². The van der Waals surface area contributed by atoms with Gasteiger partial charge in [0.05, 0.1) is 29.7 Å². The molecule has 2 aliphatic rings. The van der Waals surface area contributed by atoms with E-state index in [1.165, 1.54) is 24.1 Å². The number of nitrogens with zero attached hydrogens (tertiary/aromatic N) is 1. The highest BCUT2D eigenvalue weighted by molar-refractivity contribution is 6.30. The zero-order valence-corrected chi connectivity index (χ0v) is 23.2. The zero-order chi connectivity index (χ0) is 28.6. The highest BCUT2D eigenvalue weighted by Gasteiger charge is 2.56. The van der Waals surface area contributed by atoms with Crippen LogP contribution in [-0.4, -0.2) is 47.3 Å². The fourth-order valence-corrected chi connectivity index (χ4v) is 6.11. The Labute approximate surface area is 241 Å². The van der Waals surface area contributed by atoms with Crippen molar-refractivity contribution in [3.8, 4) is 0 Å². The van der Waals surface area contributed by atoms with Gasteiger partial charge in [-0.2, -0.15) is 0 Å². The third-order valence-electron chi connectivity index (χ3n) is 7.76. The number of rotatable bonds is 8. The fourth-order valence-electron chi connectivity index (χ4n) is 5.86. The molecule has 0 aliphatic carbocycles. The number of carbonyl (C=O) groups excluding carboxylic acids is 1. The summed E-state index contributed by atoms with van der Waals surface area (Å²) in [5, 5.41) is 21.9. The Hall–Kier alpha value is -3.01. The van der Waals surface area contributed by atoms with Gasteiger partial charge in [0.1, 0.15) is 5.82 Å². The van der Waals surface area contributed by atoms with Crippen LogP contribution in [0.2, 0.25) is 10.0 Å². The van der Waals surface area contributed by atoms with Gasteiger partial charge in [0.2, 0.25) is 0 Å². The normalized spacial score (nSPS) is 20.8. The van der Waals surface area contributed by atoms with Crippen LogP contribution in [0.15, 0.2) is 60.7 Å². The van der Waals surface area contributed by atoms with E-state index in [4.69, 9.17) is 32.7 Å². The summed E-state index contributed by atoms with van der Waals surface area (Å²) in [6.07, 6.45) is -0.295. The number of hydrogen-bond donors (Lipinski definition) is 2. The molecule has 5 rings (SSSR count). The Morgan fingerprint density at radius 2 is 1.68 bits per heavy atom. The van der Waals surface area contributed by atoms with E-state index >= 15 is 4.39 Å². The maximum absolute atomic E-state index is 16.3. The SMILES string of the molecule is COC1(c2ccc(Cl)cc2)c2c(F)cc(C(O)C3CCOCC3)cc2C(=O)N1C(CC(=O)O)c1ccc(Cl)cc1. The van der Waals surface area contributed by atoms with Crippen molar-refractivity contribution < 1.29 is 33.7 Å². The van der Waals surface area contributed by atoms with Crippen LogP contribution >= 0.6 is 23.2 Å². The quantitative estimate of drug-likeness (QED) is 0.330. The molecule has 1 saturated heterocycles. The molecule has 0 radical (unpaired) electrons. The van der Waals surface area contributed by atoms with Crippen molar-refractivity contribution in [1.29, 1.82) is 0 Å². The number of carbonyl (C=O) groups is 2. The van der Waals surface area contributed by atoms with Crippen LogP contribution in [-0.2, 0) is 20.0 Å². The standard InChI is InChI=1S/C30H28Cl2FNO6/c1-39-30(20-4-8-22(32)9-5-20)27-23(14-19(15-24(27)33)28(37)18-10-12-40-13-11-18)29(38)34(30)25(16-26(35)36)17-2-6-21(31)7-3-17/h2-9,14-15,18,25,28,37H,10-13,16H2,1H3,(H,35,36). The lowest BCUT2D eigenvalue weighted by Crippen LogP contribution is -2.49. The molecule has 2 aliphatic heterocycles. The molecule has 2 heterocycles. The Morgan fingerprint density at radius 3 is 2.25 bits per heavy atom. The molecule has 2 N–H and O–H groups in total. The molecular formula is C30H28Cl2FNO6. The second-order valence-corrected chi connectivity index (χ2v) is 10.9. The molecule has 1 fully saturated rings. The number of fused-ring (bicyclic) bond motifs is 1. The van der Waals surface area contributed by atoms with Crippen molar-refractivity contribution in [2.45, 2.75) is 37.1 Å². The number of halogens is 3. The number of ether oxygens (including phenoxy) is 2. The third-order valence-corrected chi connectivity index (χ3v) is 8.26. The van der Waals surface area contributed by atoms with Gasteiger partial charge < -0.3 is 19.7 Å². The van der Waals surface area contributed by atoms with E-state index in [2.05, 4.69) is 0 Å². The van der Waals surface area contributed by atoms with Gasteiger partial charge in [0, 0.05) is 35.9 Å². The fraction of sp³-hybridized carbons (Fsp3) is 0.333. The monoisotopic (exact) mass is 587 g/mol. The first kappa shape index (κ1) is 28.5. The van der Waals surface area contributed by atoms with Gasteiger partial charge in [-0.1, -0.05) is 47.5 Å². The van der Waals surface area contributed by atoms with Gasteiger partial charge in [-0.05, 0) is 66.3 Å². The van der Waals surface area contributed by atoms with Crippen molar-refractivity contribution in [3.05, 3.63) is 104 Å². The largest absolute Gasteiger partial charge is 0.481 e. The van der Waals surface area contributed by atoms with E-state index in [0.717, 1.165) is 0 Å². The van der Waals surface area contributed by atoms with Crippen molar-refractivity contribution in [1.82, 2.24) is 4.90 Å². The Kier molecular flexibility index (Phi) is 8.17.